The zero-order valence-electron chi connectivity index (χ0n) is 11.1. The largest absolute Gasteiger partial charge is 0.433 e. The second-order valence-electron chi connectivity index (χ2n) is 4.40. The predicted octanol–water partition coefficient (Wildman–Crippen LogP) is 2.73. The zero-order valence-corrected chi connectivity index (χ0v) is 12.6. The summed E-state index contributed by atoms with van der Waals surface area (Å²) in [6, 6.07) is 5.10. The number of amides is 1. The lowest BCUT2D eigenvalue weighted by atomic mass is 10.2. The van der Waals surface area contributed by atoms with Gasteiger partial charge in [0, 0.05) is 6.07 Å². The molecule has 120 valence electrons. The Bertz CT molecular complexity index is 904. The van der Waals surface area contributed by atoms with E-state index in [4.69, 9.17) is 17.4 Å². The lowest BCUT2D eigenvalue weighted by Crippen LogP contribution is -2.30. The van der Waals surface area contributed by atoms with E-state index in [0.717, 1.165) is 23.5 Å². The van der Waals surface area contributed by atoms with Crippen molar-refractivity contribution in [1.29, 1.82) is 0 Å². The predicted molar refractivity (Wildman–Crippen MR) is 78.0 cm³/mol. The Balaban J connectivity index is 2.27. The number of aromatic nitrogens is 3. The van der Waals surface area contributed by atoms with Gasteiger partial charge in [0.25, 0.3) is 5.91 Å². The van der Waals surface area contributed by atoms with Gasteiger partial charge < -0.3 is 0 Å². The van der Waals surface area contributed by atoms with Crippen molar-refractivity contribution < 1.29 is 18.0 Å². The van der Waals surface area contributed by atoms with Crippen molar-refractivity contribution >= 4 is 34.5 Å². The van der Waals surface area contributed by atoms with Gasteiger partial charge in [0.1, 0.15) is 0 Å². The summed E-state index contributed by atoms with van der Waals surface area (Å²) in [6.07, 6.45) is -4.68. The number of alkyl halides is 3. The summed E-state index contributed by atoms with van der Waals surface area (Å²) in [6.45, 7) is 0. The fourth-order valence-corrected chi connectivity index (χ4v) is 2.94. The molecule has 6 nitrogen and oxygen atoms in total. The van der Waals surface area contributed by atoms with E-state index in [9.17, 15) is 18.0 Å². The number of nitrogens with zero attached hydrogens (tertiary/aromatic N) is 3. The van der Waals surface area contributed by atoms with Crippen molar-refractivity contribution in [3.8, 4) is 10.6 Å². The summed E-state index contributed by atoms with van der Waals surface area (Å²) >= 11 is 6.90. The van der Waals surface area contributed by atoms with Gasteiger partial charge in [0.05, 0.1) is 14.9 Å². The molecule has 0 aromatic carbocycles. The molecule has 0 radical (unpaired) electrons. The monoisotopic (exact) mass is 361 g/mol. The number of carbonyl (C=O) groups excluding carboxylic acids is 1. The molecule has 0 aliphatic heterocycles. The van der Waals surface area contributed by atoms with Crippen molar-refractivity contribution in [3.05, 3.63) is 40.0 Å². The number of hydrazine groups is 1. The zero-order chi connectivity index (χ0) is 16.8. The SMILES string of the molecule is NNC(=O)c1cc2nc(-c3ccc(Cl)s3)cc(C(F)(F)F)n2n1. The molecule has 0 saturated carbocycles. The molecule has 3 N–H and O–H groups in total. The van der Waals surface area contributed by atoms with Crippen LogP contribution >= 0.6 is 22.9 Å². The fraction of sp³-hybridized carbons (Fsp3) is 0.0833. The number of halogens is 4. The quantitative estimate of drug-likeness (QED) is 0.417. The van der Waals surface area contributed by atoms with Crippen molar-refractivity contribution in [3.63, 3.8) is 0 Å². The van der Waals surface area contributed by atoms with Gasteiger partial charge in [-0.05, 0) is 18.2 Å². The number of fused-ring (bicyclic) bond motifs is 1. The molecule has 0 spiro atoms. The van der Waals surface area contributed by atoms with Gasteiger partial charge in [-0.15, -0.1) is 11.3 Å². The van der Waals surface area contributed by atoms with Gasteiger partial charge in [-0.3, -0.25) is 10.2 Å². The van der Waals surface area contributed by atoms with Crippen molar-refractivity contribution in [2.24, 2.45) is 5.84 Å². The Labute approximate surface area is 135 Å². The number of carbonyl (C=O) groups is 1. The summed E-state index contributed by atoms with van der Waals surface area (Å²) in [7, 11) is 0. The minimum Gasteiger partial charge on any atom is -0.289 e. The van der Waals surface area contributed by atoms with E-state index in [2.05, 4.69) is 10.1 Å². The average Bonchev–Trinajstić information content (AvgIpc) is 3.09. The maximum absolute atomic E-state index is 13.3. The number of nitrogens with one attached hydrogen (secondary N) is 1. The highest BCUT2D eigenvalue weighted by Gasteiger charge is 2.35. The molecule has 3 aromatic heterocycles. The van der Waals surface area contributed by atoms with Crippen LogP contribution in [0.5, 0.6) is 0 Å². The number of nitrogens with two attached hydrogens (primary N) is 1. The number of hydrogen-bond donors (Lipinski definition) is 2. The van der Waals surface area contributed by atoms with Crippen molar-refractivity contribution in [2.75, 3.05) is 0 Å². The molecular weight excluding hydrogens is 355 g/mol. The molecule has 1 amide bonds. The Hall–Kier alpha value is -2.17. The van der Waals surface area contributed by atoms with E-state index in [1.54, 1.807) is 12.1 Å². The second kappa shape index (κ2) is 5.48. The summed E-state index contributed by atoms with van der Waals surface area (Å²) in [5.74, 6) is 4.15. The Kier molecular flexibility index (Phi) is 3.74. The number of nitrogen functional groups attached to an aromatic ring is 1. The number of thiophene rings is 1. The first-order chi connectivity index (χ1) is 10.8. The highest BCUT2D eigenvalue weighted by atomic mass is 35.5. The van der Waals surface area contributed by atoms with E-state index in [0.29, 0.717) is 13.7 Å². The molecule has 0 aliphatic carbocycles. The third-order valence-electron chi connectivity index (χ3n) is 2.91. The first-order valence-electron chi connectivity index (χ1n) is 6.04. The minimum atomic E-state index is -4.68. The third kappa shape index (κ3) is 2.87. The van der Waals surface area contributed by atoms with Crippen molar-refractivity contribution in [2.45, 2.75) is 6.18 Å². The van der Waals surface area contributed by atoms with Gasteiger partial charge in [-0.1, -0.05) is 11.6 Å². The molecule has 0 aliphatic rings. The lowest BCUT2D eigenvalue weighted by molar-refractivity contribution is -0.142. The van der Waals surface area contributed by atoms with Gasteiger partial charge in [0.2, 0.25) is 0 Å². The molecule has 3 rings (SSSR count). The molecule has 0 saturated heterocycles. The highest BCUT2D eigenvalue weighted by molar-refractivity contribution is 7.19. The standard InChI is InChI=1S/C12H7ClF3N5OS/c13-9-2-1-7(23-9)5-3-8(12(14,15)16)21-10(18-5)4-6(20-21)11(22)19-17/h1-4H,17H2,(H,19,22). The van der Waals surface area contributed by atoms with Gasteiger partial charge in [-0.2, -0.15) is 18.3 Å². The average molecular weight is 362 g/mol. The van der Waals surface area contributed by atoms with Crippen LogP contribution in [0.15, 0.2) is 24.3 Å². The highest BCUT2D eigenvalue weighted by Crippen LogP contribution is 2.35. The van der Waals surface area contributed by atoms with E-state index in [1.165, 1.54) is 0 Å². The minimum absolute atomic E-state index is 0.0846. The summed E-state index contributed by atoms with van der Waals surface area (Å²) in [5, 5.41) is 3.61. The normalized spacial score (nSPS) is 11.9. The van der Waals surface area contributed by atoms with E-state index in [1.807, 2.05) is 5.43 Å². The smallest absolute Gasteiger partial charge is 0.289 e. The Morgan fingerprint density at radius 1 is 1.35 bits per heavy atom. The van der Waals surface area contributed by atoms with E-state index < -0.39 is 17.8 Å². The van der Waals surface area contributed by atoms with Gasteiger partial charge >= 0.3 is 6.18 Å². The summed E-state index contributed by atoms with van der Waals surface area (Å²) in [4.78, 5) is 16.0. The van der Waals surface area contributed by atoms with Gasteiger partial charge in [-0.25, -0.2) is 15.3 Å². The Morgan fingerprint density at radius 3 is 2.65 bits per heavy atom. The van der Waals surface area contributed by atoms with Crippen LogP contribution in [0.4, 0.5) is 13.2 Å². The molecule has 0 atom stereocenters. The molecule has 0 fully saturated rings. The molecule has 0 bridgehead atoms. The van der Waals surface area contributed by atoms with Crippen LogP contribution in [-0.4, -0.2) is 20.5 Å². The maximum Gasteiger partial charge on any atom is 0.433 e. The third-order valence-corrected chi connectivity index (χ3v) is 4.16. The molecule has 3 heterocycles. The first-order valence-corrected chi connectivity index (χ1v) is 7.23. The molecule has 23 heavy (non-hydrogen) atoms. The van der Waals surface area contributed by atoms with Crippen LogP contribution in [0.3, 0.4) is 0 Å². The van der Waals surface area contributed by atoms with Crippen molar-refractivity contribution in [1.82, 2.24) is 20.0 Å². The molecule has 11 heteroatoms. The summed E-state index contributed by atoms with van der Waals surface area (Å²) in [5.41, 5.74) is 0.440. The maximum atomic E-state index is 13.3. The molecule has 3 aromatic rings. The van der Waals surface area contributed by atoms with Crippen LogP contribution < -0.4 is 11.3 Å². The van der Waals surface area contributed by atoms with Crippen LogP contribution in [0.1, 0.15) is 16.2 Å². The number of hydrogen-bond acceptors (Lipinski definition) is 5. The van der Waals surface area contributed by atoms with E-state index in [-0.39, 0.29) is 17.0 Å². The lowest BCUT2D eigenvalue weighted by Gasteiger charge is -2.10. The van der Waals surface area contributed by atoms with Gasteiger partial charge in [0.15, 0.2) is 17.0 Å². The topological polar surface area (TPSA) is 85.3 Å². The van der Waals surface area contributed by atoms with Crippen LogP contribution in [0, 0.1) is 0 Å². The second-order valence-corrected chi connectivity index (χ2v) is 6.12. The van der Waals surface area contributed by atoms with Crippen LogP contribution in [0.2, 0.25) is 4.34 Å². The Morgan fingerprint density at radius 2 is 2.09 bits per heavy atom. The summed E-state index contributed by atoms with van der Waals surface area (Å²) < 4.78 is 40.8. The fourth-order valence-electron chi connectivity index (χ4n) is 1.94. The van der Waals surface area contributed by atoms with Crippen LogP contribution in [0.25, 0.3) is 16.2 Å². The van der Waals surface area contributed by atoms with E-state index >= 15 is 0 Å². The van der Waals surface area contributed by atoms with Crippen LogP contribution in [-0.2, 0) is 6.18 Å². The first kappa shape index (κ1) is 15.7. The molecule has 0 unspecified atom stereocenters. The molecular formula is C12H7ClF3N5OS. The number of rotatable bonds is 2.